The summed E-state index contributed by atoms with van der Waals surface area (Å²) in [6.45, 7) is 0.796. The van der Waals surface area contributed by atoms with Crippen LogP contribution in [0.1, 0.15) is 12.0 Å². The summed E-state index contributed by atoms with van der Waals surface area (Å²) in [4.78, 5) is 26.9. The second-order valence-electron chi connectivity index (χ2n) is 6.71. The number of carbonyl (C=O) groups excluding carboxylic acids is 2. The minimum absolute atomic E-state index is 0.179. The van der Waals surface area contributed by atoms with Crippen molar-refractivity contribution in [1.82, 2.24) is 5.32 Å². The van der Waals surface area contributed by atoms with E-state index in [4.69, 9.17) is 0 Å². The van der Waals surface area contributed by atoms with Gasteiger partial charge >= 0.3 is 0 Å². The van der Waals surface area contributed by atoms with Crippen molar-refractivity contribution in [3.63, 3.8) is 0 Å². The molecule has 27 heavy (non-hydrogen) atoms. The number of hydrogen-bond donors (Lipinski definition) is 1. The van der Waals surface area contributed by atoms with E-state index in [1.165, 1.54) is 12.1 Å². The number of nitrogens with one attached hydrogen (secondary N) is 1. The molecule has 0 saturated carbocycles. The minimum Gasteiger partial charge on any atom is -0.351 e. The van der Waals surface area contributed by atoms with E-state index in [1.54, 1.807) is 17.0 Å². The Morgan fingerprint density at radius 2 is 1.78 bits per heavy atom. The normalized spacial score (nSPS) is 16.7. The van der Waals surface area contributed by atoms with Gasteiger partial charge in [-0.15, -0.1) is 0 Å². The first-order valence-corrected chi connectivity index (χ1v) is 8.94. The maximum Gasteiger partial charge on any atom is 0.239 e. The lowest BCUT2D eigenvalue weighted by molar-refractivity contribution is -0.132. The zero-order valence-corrected chi connectivity index (χ0v) is 14.7. The largest absolute Gasteiger partial charge is 0.351 e. The molecule has 1 N–H and O–H groups in total. The van der Waals surface area contributed by atoms with Crippen LogP contribution in [0.25, 0.3) is 10.8 Å². The van der Waals surface area contributed by atoms with Gasteiger partial charge in [0.05, 0.1) is 0 Å². The molecule has 1 saturated heterocycles. The molecule has 3 aromatic rings. The summed E-state index contributed by atoms with van der Waals surface area (Å²) in [6.07, 6.45) is 0.487. The Morgan fingerprint density at radius 1 is 1.04 bits per heavy atom. The summed E-state index contributed by atoms with van der Waals surface area (Å²) in [6, 6.07) is 19.8. The lowest BCUT2D eigenvalue weighted by Crippen LogP contribution is -2.36. The molecular weight excluding hydrogens is 343 g/mol. The number of fused-ring (bicyclic) bond motifs is 1. The van der Waals surface area contributed by atoms with E-state index in [-0.39, 0.29) is 24.2 Å². The molecule has 1 aliphatic heterocycles. The van der Waals surface area contributed by atoms with Crippen molar-refractivity contribution in [3.8, 4) is 0 Å². The highest BCUT2D eigenvalue weighted by molar-refractivity contribution is 6.10. The van der Waals surface area contributed by atoms with E-state index in [0.717, 1.165) is 22.0 Å². The first-order chi connectivity index (χ1) is 13.1. The molecule has 136 valence electrons. The summed E-state index contributed by atoms with van der Waals surface area (Å²) in [7, 11) is 0. The lowest BCUT2D eigenvalue weighted by atomic mass is 10.1. The van der Waals surface area contributed by atoms with Crippen LogP contribution in [0.4, 0.5) is 10.1 Å². The van der Waals surface area contributed by atoms with Crippen LogP contribution < -0.4 is 10.2 Å². The molecule has 3 aromatic carbocycles. The van der Waals surface area contributed by atoms with Crippen molar-refractivity contribution >= 4 is 28.3 Å². The number of nitrogens with zero attached hydrogens (tertiary/aromatic N) is 1. The number of carbonyl (C=O) groups is 2. The second-order valence-corrected chi connectivity index (χ2v) is 6.71. The molecular formula is C22H19FN2O2. The van der Waals surface area contributed by atoms with Gasteiger partial charge in [-0.05, 0) is 47.0 Å². The van der Waals surface area contributed by atoms with E-state index >= 15 is 0 Å². The Bertz CT molecular complexity index is 1000. The molecule has 0 spiro atoms. The van der Waals surface area contributed by atoms with Crippen molar-refractivity contribution < 1.29 is 14.0 Å². The number of amides is 2. The molecule has 1 fully saturated rings. The Labute approximate surface area is 156 Å². The SMILES string of the molecule is O=C(NCc1ccc(F)cc1)[C@H]1CCN(c2ccc3ccccc3c2)C1=O. The van der Waals surface area contributed by atoms with Gasteiger partial charge < -0.3 is 10.2 Å². The Kier molecular flexibility index (Phi) is 4.59. The molecule has 0 unspecified atom stereocenters. The van der Waals surface area contributed by atoms with E-state index in [1.807, 2.05) is 42.5 Å². The fraction of sp³-hybridized carbons (Fsp3) is 0.182. The smallest absolute Gasteiger partial charge is 0.239 e. The standard InChI is InChI=1S/C22H19FN2O2/c23-18-8-5-15(6-9-18)14-24-21(26)20-11-12-25(22(20)27)19-10-7-16-3-1-2-4-17(16)13-19/h1-10,13,20H,11-12,14H2,(H,24,26)/t20-/m1/s1. The fourth-order valence-corrected chi connectivity index (χ4v) is 3.44. The van der Waals surface area contributed by atoms with Gasteiger partial charge in [0.25, 0.3) is 0 Å². The minimum atomic E-state index is -0.683. The molecule has 5 heteroatoms. The third-order valence-corrected chi connectivity index (χ3v) is 4.95. The monoisotopic (exact) mass is 362 g/mol. The van der Waals surface area contributed by atoms with E-state index in [9.17, 15) is 14.0 Å². The highest BCUT2D eigenvalue weighted by Crippen LogP contribution is 2.28. The van der Waals surface area contributed by atoms with Crippen molar-refractivity contribution in [2.75, 3.05) is 11.4 Å². The van der Waals surface area contributed by atoms with E-state index in [2.05, 4.69) is 5.32 Å². The van der Waals surface area contributed by atoms with Crippen LogP contribution in [0.2, 0.25) is 0 Å². The van der Waals surface area contributed by atoms with Crippen LogP contribution in [-0.2, 0) is 16.1 Å². The van der Waals surface area contributed by atoms with Gasteiger partial charge in [0.1, 0.15) is 11.7 Å². The predicted octanol–water partition coefficient (Wildman–Crippen LogP) is 3.65. The van der Waals surface area contributed by atoms with Gasteiger partial charge in [-0.3, -0.25) is 9.59 Å². The molecule has 0 bridgehead atoms. The van der Waals surface area contributed by atoms with Gasteiger partial charge in [-0.1, -0.05) is 42.5 Å². The van der Waals surface area contributed by atoms with E-state index < -0.39 is 5.92 Å². The molecule has 1 aliphatic rings. The van der Waals surface area contributed by atoms with Gasteiger partial charge in [0.15, 0.2) is 0 Å². The number of rotatable bonds is 4. The summed E-state index contributed by atoms with van der Waals surface area (Å²) < 4.78 is 12.9. The van der Waals surface area contributed by atoms with Gasteiger partial charge in [-0.2, -0.15) is 0 Å². The zero-order chi connectivity index (χ0) is 18.8. The average Bonchev–Trinajstić information content (AvgIpc) is 3.08. The molecule has 1 atom stereocenters. The molecule has 0 aliphatic carbocycles. The van der Waals surface area contributed by atoms with Crippen LogP contribution in [-0.4, -0.2) is 18.4 Å². The van der Waals surface area contributed by atoms with Crippen LogP contribution >= 0.6 is 0 Å². The summed E-state index contributed by atoms with van der Waals surface area (Å²) in [5.41, 5.74) is 1.61. The van der Waals surface area contributed by atoms with Crippen molar-refractivity contribution in [2.24, 2.45) is 5.92 Å². The van der Waals surface area contributed by atoms with Crippen LogP contribution in [0, 0.1) is 11.7 Å². The first kappa shape index (κ1) is 17.2. The number of halogens is 1. The molecule has 4 nitrogen and oxygen atoms in total. The third-order valence-electron chi connectivity index (χ3n) is 4.95. The van der Waals surface area contributed by atoms with Crippen molar-refractivity contribution in [2.45, 2.75) is 13.0 Å². The third kappa shape index (κ3) is 3.53. The van der Waals surface area contributed by atoms with Crippen molar-refractivity contribution in [1.29, 1.82) is 0 Å². The van der Waals surface area contributed by atoms with Gasteiger partial charge in [0.2, 0.25) is 11.8 Å². The predicted molar refractivity (Wildman–Crippen MR) is 103 cm³/mol. The summed E-state index contributed by atoms with van der Waals surface area (Å²) >= 11 is 0. The van der Waals surface area contributed by atoms with Crippen LogP contribution in [0.5, 0.6) is 0 Å². The van der Waals surface area contributed by atoms with Gasteiger partial charge in [-0.25, -0.2) is 4.39 Å². The van der Waals surface area contributed by atoms with Crippen molar-refractivity contribution in [3.05, 3.63) is 78.1 Å². The fourth-order valence-electron chi connectivity index (χ4n) is 3.44. The summed E-state index contributed by atoms with van der Waals surface area (Å²) in [5, 5.41) is 4.96. The first-order valence-electron chi connectivity index (χ1n) is 8.94. The lowest BCUT2D eigenvalue weighted by Gasteiger charge is -2.17. The molecule has 4 rings (SSSR count). The molecule has 2 amide bonds. The van der Waals surface area contributed by atoms with Crippen LogP contribution in [0.15, 0.2) is 66.7 Å². The summed E-state index contributed by atoms with van der Waals surface area (Å²) in [5.74, 6) is -1.46. The highest BCUT2D eigenvalue weighted by atomic mass is 19.1. The number of anilines is 1. The molecule has 1 heterocycles. The highest BCUT2D eigenvalue weighted by Gasteiger charge is 2.37. The van der Waals surface area contributed by atoms with Gasteiger partial charge in [0, 0.05) is 18.8 Å². The molecule has 0 radical (unpaired) electrons. The topological polar surface area (TPSA) is 49.4 Å². The Balaban J connectivity index is 1.44. The second kappa shape index (κ2) is 7.19. The zero-order valence-electron chi connectivity index (χ0n) is 14.7. The number of hydrogen-bond acceptors (Lipinski definition) is 2. The number of benzene rings is 3. The average molecular weight is 362 g/mol. The Hall–Kier alpha value is -3.21. The van der Waals surface area contributed by atoms with Crippen LogP contribution in [0.3, 0.4) is 0 Å². The quantitative estimate of drug-likeness (QED) is 0.721. The maximum absolute atomic E-state index is 12.9. The Morgan fingerprint density at radius 3 is 2.56 bits per heavy atom. The maximum atomic E-state index is 12.9. The van der Waals surface area contributed by atoms with E-state index in [0.29, 0.717) is 13.0 Å². The molecule has 0 aromatic heterocycles.